The molecule has 1 aromatic heterocycles. The van der Waals surface area contributed by atoms with E-state index in [0.29, 0.717) is 0 Å². The molecule has 128 valence electrons. The average Bonchev–Trinajstić information content (AvgIpc) is 2.65. The Morgan fingerprint density at radius 1 is 1.38 bits per heavy atom. The molecule has 0 amide bonds. The molecule has 0 aliphatic heterocycles. The molecule has 0 radical (unpaired) electrons. The second-order valence-corrected chi connectivity index (χ2v) is 7.12. The minimum Gasteiger partial charge on any atom is -0.398 e. The molecule has 0 aromatic carbocycles. The zero-order valence-corrected chi connectivity index (χ0v) is 16.5. The standard InChI is InChI=1S/C19H25BrN4/c1-11(2)23-19-18-15(10-17(20)24-19)9-14(6-7-16(18)21)12(3)8-13(4)22-5/h6-8,10-11H,9,21H2,1-5H3,(H,23,24). The lowest BCUT2D eigenvalue weighted by Gasteiger charge is -2.18. The van der Waals surface area contributed by atoms with E-state index in [9.17, 15) is 0 Å². The van der Waals surface area contributed by atoms with Crippen LogP contribution in [0.2, 0.25) is 0 Å². The summed E-state index contributed by atoms with van der Waals surface area (Å²) in [5.74, 6) is 0.825. The van der Waals surface area contributed by atoms with Crippen LogP contribution in [0.4, 0.5) is 5.82 Å². The van der Waals surface area contributed by atoms with E-state index in [1.165, 1.54) is 11.1 Å². The van der Waals surface area contributed by atoms with Gasteiger partial charge in [0.15, 0.2) is 0 Å². The number of nitrogens with zero attached hydrogens (tertiary/aromatic N) is 2. The molecule has 0 spiro atoms. The molecule has 0 bridgehead atoms. The van der Waals surface area contributed by atoms with Crippen molar-refractivity contribution in [2.24, 2.45) is 10.7 Å². The van der Waals surface area contributed by atoms with Crippen LogP contribution in [0, 0.1) is 0 Å². The summed E-state index contributed by atoms with van der Waals surface area (Å²) in [5, 5.41) is 3.40. The Hall–Kier alpha value is -1.88. The fourth-order valence-electron chi connectivity index (χ4n) is 2.68. The lowest BCUT2D eigenvalue weighted by atomic mass is 9.96. The van der Waals surface area contributed by atoms with Gasteiger partial charge >= 0.3 is 0 Å². The number of fused-ring (bicyclic) bond motifs is 1. The number of pyridine rings is 1. The van der Waals surface area contributed by atoms with E-state index in [-0.39, 0.29) is 6.04 Å². The van der Waals surface area contributed by atoms with Gasteiger partial charge in [-0.15, -0.1) is 0 Å². The van der Waals surface area contributed by atoms with Gasteiger partial charge in [0.1, 0.15) is 10.4 Å². The van der Waals surface area contributed by atoms with Crippen molar-refractivity contribution in [3.05, 3.63) is 51.2 Å². The average molecular weight is 389 g/mol. The monoisotopic (exact) mass is 388 g/mol. The van der Waals surface area contributed by atoms with Gasteiger partial charge in [-0.25, -0.2) is 4.98 Å². The van der Waals surface area contributed by atoms with E-state index >= 15 is 0 Å². The zero-order valence-electron chi connectivity index (χ0n) is 14.9. The van der Waals surface area contributed by atoms with Crippen molar-refractivity contribution in [1.82, 2.24) is 4.98 Å². The summed E-state index contributed by atoms with van der Waals surface area (Å²) in [7, 11) is 1.81. The Bertz CT molecular complexity index is 755. The lowest BCUT2D eigenvalue weighted by Crippen LogP contribution is -2.15. The third-order valence-corrected chi connectivity index (χ3v) is 4.32. The maximum atomic E-state index is 6.34. The highest BCUT2D eigenvalue weighted by molar-refractivity contribution is 9.10. The fourth-order valence-corrected chi connectivity index (χ4v) is 3.14. The second-order valence-electron chi connectivity index (χ2n) is 6.31. The number of allylic oxidation sites excluding steroid dienone is 5. The summed E-state index contributed by atoms with van der Waals surface area (Å²) in [6.45, 7) is 8.30. The van der Waals surface area contributed by atoms with Gasteiger partial charge in [-0.1, -0.05) is 6.08 Å². The van der Waals surface area contributed by atoms with E-state index in [1.807, 2.05) is 13.0 Å². The first kappa shape index (κ1) is 18.5. The van der Waals surface area contributed by atoms with E-state index in [1.54, 1.807) is 7.05 Å². The van der Waals surface area contributed by atoms with Crippen molar-refractivity contribution in [2.45, 2.75) is 40.2 Å². The predicted octanol–water partition coefficient (Wildman–Crippen LogP) is 4.48. The SMILES string of the molecule is CN=C(C)C=C(C)C1=CC=C(N)c2c(cc(Br)nc2NC(C)C)C1. The number of aliphatic imine (C=N–C) groups is 1. The summed E-state index contributed by atoms with van der Waals surface area (Å²) in [6, 6.07) is 2.33. The number of anilines is 1. The quantitative estimate of drug-likeness (QED) is 0.589. The first-order chi connectivity index (χ1) is 11.3. The maximum Gasteiger partial charge on any atom is 0.137 e. The van der Waals surface area contributed by atoms with Crippen molar-refractivity contribution >= 4 is 33.2 Å². The lowest BCUT2D eigenvalue weighted by molar-refractivity contribution is 0.884. The van der Waals surface area contributed by atoms with Crippen LogP contribution in [-0.2, 0) is 6.42 Å². The Balaban J connectivity index is 2.51. The number of rotatable bonds is 4. The highest BCUT2D eigenvalue weighted by Gasteiger charge is 2.18. The summed E-state index contributed by atoms with van der Waals surface area (Å²) in [5.41, 5.74) is 12.7. The van der Waals surface area contributed by atoms with E-state index in [4.69, 9.17) is 5.73 Å². The van der Waals surface area contributed by atoms with Gasteiger partial charge < -0.3 is 11.1 Å². The van der Waals surface area contributed by atoms with Crippen LogP contribution in [-0.4, -0.2) is 23.8 Å². The van der Waals surface area contributed by atoms with Gasteiger partial charge in [0.2, 0.25) is 0 Å². The molecule has 3 N–H and O–H groups in total. The van der Waals surface area contributed by atoms with Gasteiger partial charge in [-0.05, 0) is 85.0 Å². The maximum absolute atomic E-state index is 6.34. The molecule has 0 unspecified atom stereocenters. The number of aromatic nitrogens is 1. The van der Waals surface area contributed by atoms with E-state index in [0.717, 1.165) is 39.4 Å². The first-order valence-corrected chi connectivity index (χ1v) is 8.85. The second kappa shape index (κ2) is 7.79. The van der Waals surface area contributed by atoms with Crippen LogP contribution in [0.25, 0.3) is 5.70 Å². The molecule has 5 heteroatoms. The summed E-state index contributed by atoms with van der Waals surface area (Å²) < 4.78 is 0.811. The van der Waals surface area contributed by atoms with Crippen LogP contribution >= 0.6 is 15.9 Å². The molecular weight excluding hydrogens is 364 g/mol. The van der Waals surface area contributed by atoms with Gasteiger partial charge in [0.05, 0.1) is 0 Å². The highest BCUT2D eigenvalue weighted by atomic mass is 79.9. The molecule has 0 atom stereocenters. The van der Waals surface area contributed by atoms with Crippen molar-refractivity contribution in [2.75, 3.05) is 12.4 Å². The zero-order chi connectivity index (χ0) is 17.9. The Morgan fingerprint density at radius 2 is 2.08 bits per heavy atom. The molecule has 1 aromatic rings. The van der Waals surface area contributed by atoms with Crippen molar-refractivity contribution in [1.29, 1.82) is 0 Å². The minimum atomic E-state index is 0.282. The van der Waals surface area contributed by atoms with Crippen LogP contribution < -0.4 is 11.1 Å². The molecule has 0 fully saturated rings. The fraction of sp³-hybridized carbons (Fsp3) is 0.368. The van der Waals surface area contributed by atoms with Crippen LogP contribution in [0.3, 0.4) is 0 Å². The minimum absolute atomic E-state index is 0.282. The Labute approximate surface area is 152 Å². The van der Waals surface area contributed by atoms with Gasteiger partial charge in [0, 0.05) is 30.1 Å². The number of nitrogens with one attached hydrogen (secondary N) is 1. The van der Waals surface area contributed by atoms with E-state index < -0.39 is 0 Å². The number of hydrogen-bond acceptors (Lipinski definition) is 4. The molecule has 0 saturated carbocycles. The number of nitrogens with two attached hydrogens (primary N) is 1. The van der Waals surface area contributed by atoms with E-state index in [2.05, 4.69) is 70.2 Å². The predicted molar refractivity (Wildman–Crippen MR) is 107 cm³/mol. The van der Waals surface area contributed by atoms with Crippen molar-refractivity contribution in [3.8, 4) is 0 Å². The van der Waals surface area contributed by atoms with Crippen LogP contribution in [0.15, 0.2) is 45.0 Å². The largest absolute Gasteiger partial charge is 0.398 e. The molecule has 1 aliphatic rings. The molecular formula is C19H25BrN4. The van der Waals surface area contributed by atoms with Crippen LogP contribution in [0.1, 0.15) is 38.8 Å². The van der Waals surface area contributed by atoms with Crippen LogP contribution in [0.5, 0.6) is 0 Å². The third kappa shape index (κ3) is 4.35. The molecule has 0 saturated heterocycles. The molecule has 1 aliphatic carbocycles. The topological polar surface area (TPSA) is 63.3 Å². The first-order valence-electron chi connectivity index (χ1n) is 8.06. The highest BCUT2D eigenvalue weighted by Crippen LogP contribution is 2.32. The normalized spacial score (nSPS) is 15.6. The number of hydrogen-bond donors (Lipinski definition) is 2. The van der Waals surface area contributed by atoms with Gasteiger partial charge in [-0.2, -0.15) is 0 Å². The van der Waals surface area contributed by atoms with Gasteiger partial charge in [0.25, 0.3) is 0 Å². The van der Waals surface area contributed by atoms with Gasteiger partial charge in [-0.3, -0.25) is 4.99 Å². The molecule has 2 rings (SSSR count). The summed E-state index contributed by atoms with van der Waals surface area (Å²) >= 11 is 3.52. The Kier molecular flexibility index (Phi) is 5.99. The summed E-state index contributed by atoms with van der Waals surface area (Å²) in [6.07, 6.45) is 6.97. The van der Waals surface area contributed by atoms with Crippen molar-refractivity contribution in [3.63, 3.8) is 0 Å². The Morgan fingerprint density at radius 3 is 2.71 bits per heavy atom. The molecule has 4 nitrogen and oxygen atoms in total. The molecule has 1 heterocycles. The molecule has 24 heavy (non-hydrogen) atoms. The smallest absolute Gasteiger partial charge is 0.137 e. The third-order valence-electron chi connectivity index (χ3n) is 3.91. The summed E-state index contributed by atoms with van der Waals surface area (Å²) in [4.78, 5) is 8.79. The number of halogens is 1. The van der Waals surface area contributed by atoms with Crippen molar-refractivity contribution < 1.29 is 0 Å².